The quantitative estimate of drug-likeness (QED) is 0.719. The molecule has 0 saturated heterocycles. The second-order valence-electron chi connectivity index (χ2n) is 5.00. The van der Waals surface area contributed by atoms with Crippen molar-refractivity contribution in [2.75, 3.05) is 18.4 Å². The summed E-state index contributed by atoms with van der Waals surface area (Å²) in [6, 6.07) is 3.36. The lowest BCUT2D eigenvalue weighted by molar-refractivity contribution is -0.115. The van der Waals surface area contributed by atoms with Gasteiger partial charge in [0.15, 0.2) is 0 Å². The van der Waals surface area contributed by atoms with E-state index < -0.39 is 28.8 Å². The Morgan fingerprint density at radius 1 is 1.35 bits per heavy atom. The van der Waals surface area contributed by atoms with Crippen LogP contribution in [0.2, 0.25) is 0 Å². The molecule has 0 bridgehead atoms. The fourth-order valence-electron chi connectivity index (χ4n) is 1.87. The van der Waals surface area contributed by atoms with Crippen LogP contribution in [0.25, 0.3) is 0 Å². The van der Waals surface area contributed by atoms with Gasteiger partial charge in [0.05, 0.1) is 12.1 Å². The predicted octanol–water partition coefficient (Wildman–Crippen LogP) is 2.04. The van der Waals surface area contributed by atoms with Crippen LogP contribution in [0.15, 0.2) is 18.2 Å². The zero-order valence-corrected chi connectivity index (χ0v) is 11.7. The van der Waals surface area contributed by atoms with Crippen LogP contribution >= 0.6 is 0 Å². The van der Waals surface area contributed by atoms with Crippen LogP contribution in [0.1, 0.15) is 26.7 Å². The summed E-state index contributed by atoms with van der Waals surface area (Å²) in [5.41, 5.74) is -1.36. The minimum absolute atomic E-state index is 0.131. The number of carbonyl (C=O) groups excluding carboxylic acids is 1. The van der Waals surface area contributed by atoms with Crippen LogP contribution in [0.5, 0.6) is 0 Å². The Kier molecular flexibility index (Phi) is 6.04. The van der Waals surface area contributed by atoms with Crippen molar-refractivity contribution in [1.29, 1.82) is 0 Å². The fourth-order valence-corrected chi connectivity index (χ4v) is 1.87. The summed E-state index contributed by atoms with van der Waals surface area (Å²) < 4.78 is 26.6. The third-order valence-corrected chi connectivity index (χ3v) is 2.81. The monoisotopic (exact) mass is 286 g/mol. The predicted molar refractivity (Wildman–Crippen MR) is 73.4 cm³/mol. The molecule has 1 atom stereocenters. The first-order chi connectivity index (χ1) is 9.35. The second kappa shape index (κ2) is 7.31. The van der Waals surface area contributed by atoms with Crippen LogP contribution in [-0.4, -0.2) is 29.7 Å². The number of nitrogens with one attached hydrogen (secondary N) is 2. The second-order valence-corrected chi connectivity index (χ2v) is 5.00. The Labute approximate surface area is 117 Å². The molecule has 0 aliphatic carbocycles. The molecule has 6 heteroatoms. The van der Waals surface area contributed by atoms with Gasteiger partial charge in [-0.1, -0.05) is 19.4 Å². The summed E-state index contributed by atoms with van der Waals surface area (Å²) >= 11 is 0. The third kappa shape index (κ3) is 5.22. The summed E-state index contributed by atoms with van der Waals surface area (Å²) in [5.74, 6) is -2.21. The molecule has 3 N–H and O–H groups in total. The molecule has 4 nitrogen and oxygen atoms in total. The number of halogens is 2. The number of benzene rings is 1. The van der Waals surface area contributed by atoms with Gasteiger partial charge in [-0.15, -0.1) is 0 Å². The molecule has 0 saturated carbocycles. The highest BCUT2D eigenvalue weighted by atomic mass is 19.1. The number of anilines is 1. The average molecular weight is 286 g/mol. The maximum atomic E-state index is 13.3. The van der Waals surface area contributed by atoms with E-state index in [1.165, 1.54) is 6.07 Å². The number of hydrogen-bond acceptors (Lipinski definition) is 3. The zero-order valence-electron chi connectivity index (χ0n) is 11.7. The van der Waals surface area contributed by atoms with Gasteiger partial charge in [0.1, 0.15) is 17.3 Å². The summed E-state index contributed by atoms with van der Waals surface area (Å²) in [6.45, 7) is 3.71. The van der Waals surface area contributed by atoms with Crippen molar-refractivity contribution in [3.63, 3.8) is 0 Å². The molecule has 20 heavy (non-hydrogen) atoms. The lowest BCUT2D eigenvalue weighted by atomic mass is 10.0. The fraction of sp³-hybridized carbons (Fsp3) is 0.500. The Bertz CT molecular complexity index is 444. The van der Waals surface area contributed by atoms with Crippen molar-refractivity contribution in [3.05, 3.63) is 29.8 Å². The molecule has 0 aliphatic rings. The molecule has 1 aromatic rings. The molecule has 1 unspecified atom stereocenters. The average Bonchev–Trinajstić information content (AvgIpc) is 2.33. The third-order valence-electron chi connectivity index (χ3n) is 2.81. The Balaban J connectivity index is 2.45. The molecule has 0 aromatic heterocycles. The SMILES string of the molecule is CCCC(C)(O)CNCC(=O)Nc1c(F)cccc1F. The van der Waals surface area contributed by atoms with E-state index in [0.717, 1.165) is 18.6 Å². The van der Waals surface area contributed by atoms with Gasteiger partial charge in [-0.3, -0.25) is 4.79 Å². The molecule has 1 aromatic carbocycles. The molecule has 0 spiro atoms. The van der Waals surface area contributed by atoms with Crippen LogP contribution in [0, 0.1) is 11.6 Å². The van der Waals surface area contributed by atoms with E-state index in [9.17, 15) is 18.7 Å². The molecular weight excluding hydrogens is 266 g/mol. The largest absolute Gasteiger partial charge is 0.389 e. The summed E-state index contributed by atoms with van der Waals surface area (Å²) in [7, 11) is 0. The minimum atomic E-state index is -0.904. The molecule has 0 aliphatic heterocycles. The zero-order chi connectivity index (χ0) is 15.2. The van der Waals surface area contributed by atoms with Crippen LogP contribution in [0.3, 0.4) is 0 Å². The number of aliphatic hydroxyl groups is 1. The first kappa shape index (κ1) is 16.5. The van der Waals surface area contributed by atoms with Gasteiger partial charge < -0.3 is 15.7 Å². The van der Waals surface area contributed by atoms with Gasteiger partial charge in [-0.25, -0.2) is 8.78 Å². The lowest BCUT2D eigenvalue weighted by Crippen LogP contribution is -2.40. The molecule has 0 heterocycles. The maximum Gasteiger partial charge on any atom is 0.238 e. The topological polar surface area (TPSA) is 61.4 Å². The number of amides is 1. The van der Waals surface area contributed by atoms with E-state index in [0.29, 0.717) is 6.42 Å². The first-order valence-corrected chi connectivity index (χ1v) is 6.52. The summed E-state index contributed by atoms with van der Waals surface area (Å²) in [6.07, 6.45) is 1.42. The Morgan fingerprint density at radius 2 is 1.95 bits per heavy atom. The Morgan fingerprint density at radius 3 is 2.50 bits per heavy atom. The highest BCUT2D eigenvalue weighted by molar-refractivity contribution is 5.92. The van der Waals surface area contributed by atoms with Crippen molar-refractivity contribution in [2.24, 2.45) is 0 Å². The van der Waals surface area contributed by atoms with Crippen molar-refractivity contribution in [2.45, 2.75) is 32.3 Å². The van der Waals surface area contributed by atoms with Gasteiger partial charge in [-0.05, 0) is 25.5 Å². The van der Waals surface area contributed by atoms with Gasteiger partial charge in [-0.2, -0.15) is 0 Å². The van der Waals surface area contributed by atoms with Crippen molar-refractivity contribution >= 4 is 11.6 Å². The first-order valence-electron chi connectivity index (χ1n) is 6.52. The van der Waals surface area contributed by atoms with Gasteiger partial charge >= 0.3 is 0 Å². The number of carbonyl (C=O) groups is 1. The number of hydrogen-bond donors (Lipinski definition) is 3. The molecule has 0 fully saturated rings. The van der Waals surface area contributed by atoms with Crippen molar-refractivity contribution in [3.8, 4) is 0 Å². The number of para-hydroxylation sites is 1. The van der Waals surface area contributed by atoms with Crippen LogP contribution in [0.4, 0.5) is 14.5 Å². The highest BCUT2D eigenvalue weighted by Crippen LogP contribution is 2.17. The molecule has 112 valence electrons. The smallest absolute Gasteiger partial charge is 0.238 e. The van der Waals surface area contributed by atoms with Gasteiger partial charge in [0, 0.05) is 6.54 Å². The summed E-state index contributed by atoms with van der Waals surface area (Å²) in [4.78, 5) is 11.6. The molecular formula is C14H20F2N2O2. The van der Waals surface area contributed by atoms with Gasteiger partial charge in [0.2, 0.25) is 5.91 Å². The van der Waals surface area contributed by atoms with Crippen LogP contribution in [-0.2, 0) is 4.79 Å². The van der Waals surface area contributed by atoms with E-state index >= 15 is 0 Å². The number of rotatable bonds is 7. The van der Waals surface area contributed by atoms with E-state index in [4.69, 9.17) is 0 Å². The standard InChI is InChI=1S/C14H20F2N2O2/c1-3-7-14(2,20)9-17-8-12(19)18-13-10(15)5-4-6-11(13)16/h4-6,17,20H,3,7-9H2,1-2H3,(H,18,19). The van der Waals surface area contributed by atoms with Crippen molar-refractivity contribution in [1.82, 2.24) is 5.32 Å². The van der Waals surface area contributed by atoms with E-state index in [-0.39, 0.29) is 13.1 Å². The molecule has 1 amide bonds. The van der Waals surface area contributed by atoms with Crippen LogP contribution < -0.4 is 10.6 Å². The normalized spacial score (nSPS) is 13.8. The van der Waals surface area contributed by atoms with E-state index in [1.807, 2.05) is 6.92 Å². The van der Waals surface area contributed by atoms with E-state index in [1.54, 1.807) is 6.92 Å². The minimum Gasteiger partial charge on any atom is -0.389 e. The summed E-state index contributed by atoms with van der Waals surface area (Å²) in [5, 5.41) is 14.8. The van der Waals surface area contributed by atoms with E-state index in [2.05, 4.69) is 10.6 Å². The van der Waals surface area contributed by atoms with Gasteiger partial charge in [0.25, 0.3) is 0 Å². The lowest BCUT2D eigenvalue weighted by Gasteiger charge is -2.22. The maximum absolute atomic E-state index is 13.3. The van der Waals surface area contributed by atoms with Crippen molar-refractivity contribution < 1.29 is 18.7 Å². The molecule has 1 rings (SSSR count). The molecule has 0 radical (unpaired) electrons. The Hall–Kier alpha value is -1.53. The highest BCUT2D eigenvalue weighted by Gasteiger charge is 2.19.